The van der Waals surface area contributed by atoms with Gasteiger partial charge in [-0.25, -0.2) is 0 Å². The number of hydrogen-bond acceptors (Lipinski definition) is 4. The second kappa shape index (κ2) is 15.9. The minimum absolute atomic E-state index is 0.241. The first-order valence-corrected chi connectivity index (χ1v) is 9.58. The molecule has 0 saturated heterocycles. The molecule has 1 atom stereocenters. The molecule has 0 heterocycles. The quantitative estimate of drug-likeness (QED) is 0.194. The fourth-order valence-electron chi connectivity index (χ4n) is 3.16. The van der Waals surface area contributed by atoms with E-state index in [1.54, 1.807) is 27.6 Å². The van der Waals surface area contributed by atoms with E-state index in [0.717, 1.165) is 32.3 Å². The Hall–Kier alpha value is -0.580. The molecule has 0 aromatic heterocycles. The Labute approximate surface area is 149 Å². The monoisotopic (exact) mass is 344 g/mol. The molecular formula is C20H40O4. The third-order valence-corrected chi connectivity index (χ3v) is 4.56. The van der Waals surface area contributed by atoms with Crippen molar-refractivity contribution in [2.45, 2.75) is 84.0 Å². The Balaban J connectivity index is 4.33. The highest BCUT2D eigenvalue weighted by Gasteiger charge is 2.39. The maximum absolute atomic E-state index is 5.60. The summed E-state index contributed by atoms with van der Waals surface area (Å²) in [5.74, 6) is -0.682. The lowest BCUT2D eigenvalue weighted by molar-refractivity contribution is -0.380. The molecule has 0 saturated carbocycles. The summed E-state index contributed by atoms with van der Waals surface area (Å²) in [5.41, 5.74) is 0. The van der Waals surface area contributed by atoms with Gasteiger partial charge in [0.15, 0.2) is 0 Å². The van der Waals surface area contributed by atoms with Crippen LogP contribution in [0.5, 0.6) is 0 Å². The summed E-state index contributed by atoms with van der Waals surface area (Å²) in [5, 5.41) is 0. The fourth-order valence-corrected chi connectivity index (χ4v) is 3.16. The zero-order chi connectivity index (χ0) is 18.1. The highest BCUT2D eigenvalue weighted by Crippen LogP contribution is 2.32. The highest BCUT2D eigenvalue weighted by atomic mass is 16.9. The summed E-state index contributed by atoms with van der Waals surface area (Å²) in [6.07, 6.45) is 15.6. The van der Waals surface area contributed by atoms with Crippen molar-refractivity contribution in [3.8, 4) is 0 Å². The van der Waals surface area contributed by atoms with Crippen molar-refractivity contribution in [2.24, 2.45) is 5.92 Å². The Morgan fingerprint density at radius 1 is 0.792 bits per heavy atom. The summed E-state index contributed by atoms with van der Waals surface area (Å²) in [4.78, 5) is 0. The first kappa shape index (κ1) is 23.4. The molecule has 0 aromatic rings. The molecule has 0 amide bonds. The predicted octanol–water partition coefficient (Wildman–Crippen LogP) is 5.67. The Morgan fingerprint density at radius 2 is 1.33 bits per heavy atom. The lowest BCUT2D eigenvalue weighted by atomic mass is 9.92. The molecule has 24 heavy (non-hydrogen) atoms. The van der Waals surface area contributed by atoms with Crippen LogP contribution in [0.1, 0.15) is 78.1 Å². The van der Waals surface area contributed by atoms with Crippen LogP contribution in [0.25, 0.3) is 0 Å². The predicted molar refractivity (Wildman–Crippen MR) is 99.9 cm³/mol. The van der Waals surface area contributed by atoms with Crippen LogP contribution in [0.4, 0.5) is 0 Å². The Bertz CT molecular complexity index is 279. The number of hydrogen-bond donors (Lipinski definition) is 0. The van der Waals surface area contributed by atoms with Gasteiger partial charge in [-0.1, -0.05) is 51.5 Å². The van der Waals surface area contributed by atoms with E-state index in [-0.39, 0.29) is 5.92 Å². The fraction of sp³-hybridized carbons (Fsp3) is 0.900. The van der Waals surface area contributed by atoms with Crippen molar-refractivity contribution in [1.29, 1.82) is 0 Å². The van der Waals surface area contributed by atoms with Gasteiger partial charge < -0.3 is 18.9 Å². The van der Waals surface area contributed by atoms with Crippen LogP contribution in [0.3, 0.4) is 0 Å². The van der Waals surface area contributed by atoms with E-state index < -0.39 is 5.97 Å². The molecule has 0 rings (SSSR count). The lowest BCUT2D eigenvalue weighted by Gasteiger charge is -2.36. The Kier molecular flexibility index (Phi) is 15.5. The van der Waals surface area contributed by atoms with Crippen LogP contribution in [-0.2, 0) is 18.9 Å². The van der Waals surface area contributed by atoms with Gasteiger partial charge in [0, 0.05) is 27.2 Å². The molecule has 0 spiro atoms. The molecule has 0 fully saturated rings. The van der Waals surface area contributed by atoms with Gasteiger partial charge in [0.1, 0.15) is 0 Å². The molecule has 4 nitrogen and oxygen atoms in total. The summed E-state index contributed by atoms with van der Waals surface area (Å²) < 4.78 is 22.2. The van der Waals surface area contributed by atoms with Gasteiger partial charge in [0.2, 0.25) is 0 Å². The summed E-state index contributed by atoms with van der Waals surface area (Å²) in [7, 11) is 4.99. The van der Waals surface area contributed by atoms with Crippen LogP contribution in [0.2, 0.25) is 0 Å². The number of rotatable bonds is 17. The van der Waals surface area contributed by atoms with Gasteiger partial charge in [0.25, 0.3) is 5.97 Å². The standard InChI is InChI=1S/C20H40O4/c1-6-8-9-10-11-12-15-19(20(21-3,22-4)23-5)16-13-14-18-24-17-7-2/h7,17,19H,6,8-16,18H2,1-5H3. The highest BCUT2D eigenvalue weighted by molar-refractivity contribution is 4.72. The van der Waals surface area contributed by atoms with Crippen LogP contribution in [0, 0.1) is 5.92 Å². The van der Waals surface area contributed by atoms with E-state index in [0.29, 0.717) is 0 Å². The van der Waals surface area contributed by atoms with Crippen LogP contribution >= 0.6 is 0 Å². The zero-order valence-corrected chi connectivity index (χ0v) is 16.6. The smallest absolute Gasteiger partial charge is 0.285 e. The van der Waals surface area contributed by atoms with Crippen molar-refractivity contribution in [2.75, 3.05) is 27.9 Å². The van der Waals surface area contributed by atoms with E-state index in [2.05, 4.69) is 6.92 Å². The molecule has 0 aliphatic heterocycles. The second-order valence-corrected chi connectivity index (χ2v) is 6.31. The van der Waals surface area contributed by atoms with Gasteiger partial charge in [-0.2, -0.15) is 0 Å². The largest absolute Gasteiger partial charge is 0.502 e. The molecular weight excluding hydrogens is 304 g/mol. The number of methoxy groups -OCH3 is 3. The van der Waals surface area contributed by atoms with Crippen LogP contribution in [0.15, 0.2) is 12.3 Å². The first-order valence-electron chi connectivity index (χ1n) is 9.58. The second-order valence-electron chi connectivity index (χ2n) is 6.31. The zero-order valence-electron chi connectivity index (χ0n) is 16.6. The molecule has 4 heteroatoms. The number of allylic oxidation sites excluding steroid dienone is 1. The van der Waals surface area contributed by atoms with Gasteiger partial charge in [-0.15, -0.1) is 0 Å². The average molecular weight is 345 g/mol. The first-order chi connectivity index (χ1) is 11.7. The Morgan fingerprint density at radius 3 is 1.88 bits per heavy atom. The van der Waals surface area contributed by atoms with E-state index in [4.69, 9.17) is 18.9 Å². The topological polar surface area (TPSA) is 36.9 Å². The normalized spacial score (nSPS) is 13.5. The molecule has 0 aliphatic carbocycles. The minimum atomic E-state index is -0.923. The molecule has 0 bridgehead atoms. The van der Waals surface area contributed by atoms with Crippen LogP contribution in [-0.4, -0.2) is 33.9 Å². The van der Waals surface area contributed by atoms with E-state index in [1.807, 2.05) is 13.0 Å². The third-order valence-electron chi connectivity index (χ3n) is 4.56. The molecule has 1 unspecified atom stereocenters. The van der Waals surface area contributed by atoms with Crippen molar-refractivity contribution < 1.29 is 18.9 Å². The summed E-state index contributed by atoms with van der Waals surface area (Å²) >= 11 is 0. The van der Waals surface area contributed by atoms with Crippen molar-refractivity contribution >= 4 is 0 Å². The molecule has 0 radical (unpaired) electrons. The maximum Gasteiger partial charge on any atom is 0.285 e. The third kappa shape index (κ3) is 9.65. The van der Waals surface area contributed by atoms with E-state index >= 15 is 0 Å². The molecule has 144 valence electrons. The maximum atomic E-state index is 5.60. The minimum Gasteiger partial charge on any atom is -0.502 e. The van der Waals surface area contributed by atoms with Gasteiger partial charge in [-0.3, -0.25) is 0 Å². The molecule has 0 aromatic carbocycles. The molecule has 0 N–H and O–H groups in total. The average Bonchev–Trinajstić information content (AvgIpc) is 2.62. The van der Waals surface area contributed by atoms with E-state index in [1.165, 1.54) is 38.5 Å². The summed E-state index contributed by atoms with van der Waals surface area (Å²) in [6.45, 7) is 4.97. The van der Waals surface area contributed by atoms with Crippen molar-refractivity contribution in [1.82, 2.24) is 0 Å². The number of unbranched alkanes of at least 4 members (excludes halogenated alkanes) is 6. The SMILES string of the molecule is CC=COCCCCC(CCCCCCCC)C(OC)(OC)OC. The van der Waals surface area contributed by atoms with Crippen molar-refractivity contribution in [3.05, 3.63) is 12.3 Å². The molecule has 0 aliphatic rings. The van der Waals surface area contributed by atoms with Gasteiger partial charge >= 0.3 is 0 Å². The van der Waals surface area contributed by atoms with Crippen LogP contribution < -0.4 is 0 Å². The summed E-state index contributed by atoms with van der Waals surface area (Å²) in [6, 6.07) is 0. The lowest BCUT2D eigenvalue weighted by Crippen LogP contribution is -2.44. The van der Waals surface area contributed by atoms with Crippen molar-refractivity contribution in [3.63, 3.8) is 0 Å². The number of ether oxygens (including phenoxy) is 4. The van der Waals surface area contributed by atoms with Gasteiger partial charge in [0.05, 0.1) is 12.9 Å². The van der Waals surface area contributed by atoms with E-state index in [9.17, 15) is 0 Å². The van der Waals surface area contributed by atoms with Gasteiger partial charge in [-0.05, 0) is 32.6 Å².